The van der Waals surface area contributed by atoms with E-state index in [1.54, 1.807) is 0 Å². The summed E-state index contributed by atoms with van der Waals surface area (Å²) in [4.78, 5) is 10.5. The number of thiol groups is 1. The van der Waals surface area contributed by atoms with E-state index in [1.165, 1.54) is 4.31 Å². The highest BCUT2D eigenvalue weighted by Crippen LogP contribution is 2.13. The summed E-state index contributed by atoms with van der Waals surface area (Å²) in [5.74, 6) is -0.395. The molecule has 0 aromatic heterocycles. The lowest BCUT2D eigenvalue weighted by atomic mass is 10.3. The molecule has 0 unspecified atom stereocenters. The first-order valence-electron chi connectivity index (χ1n) is 3.50. The zero-order chi connectivity index (χ0) is 8.97. The summed E-state index contributed by atoms with van der Waals surface area (Å²) < 4.78 is 1.50. The van der Waals surface area contributed by atoms with Gasteiger partial charge in [0, 0.05) is 5.69 Å². The number of rotatable bonds is 3. The smallest absolute Gasteiger partial charge is 0.238 e. The molecule has 0 fully saturated rings. The minimum Gasteiger partial charge on any atom is -0.368 e. The monoisotopic (exact) mass is 182 g/mol. The predicted molar refractivity (Wildman–Crippen MR) is 52.0 cm³/mol. The molecule has 2 N–H and O–H groups in total. The van der Waals surface area contributed by atoms with Crippen molar-refractivity contribution in [1.29, 1.82) is 0 Å². The number of nitrogens with two attached hydrogens (primary N) is 1. The highest BCUT2D eigenvalue weighted by Gasteiger charge is 2.02. The predicted octanol–water partition coefficient (Wildman–Crippen LogP) is 0.823. The molecule has 0 heterocycles. The van der Waals surface area contributed by atoms with E-state index in [-0.39, 0.29) is 6.54 Å². The van der Waals surface area contributed by atoms with Gasteiger partial charge in [-0.05, 0) is 12.1 Å². The summed E-state index contributed by atoms with van der Waals surface area (Å²) in [5.41, 5.74) is 5.86. The molecule has 0 atom stereocenters. The van der Waals surface area contributed by atoms with Gasteiger partial charge < -0.3 is 10.0 Å². The molecule has 3 nitrogen and oxygen atoms in total. The third-order valence-corrected chi connectivity index (χ3v) is 1.73. The second-order valence-electron chi connectivity index (χ2n) is 2.36. The number of hydrogen-bond donors (Lipinski definition) is 2. The molecular formula is C8H10N2OS. The van der Waals surface area contributed by atoms with Crippen molar-refractivity contribution in [2.45, 2.75) is 0 Å². The first kappa shape index (κ1) is 8.93. The summed E-state index contributed by atoms with van der Waals surface area (Å²) in [6.07, 6.45) is 0. The Morgan fingerprint density at radius 2 is 2.00 bits per heavy atom. The fourth-order valence-electron chi connectivity index (χ4n) is 0.839. The Bertz CT molecular complexity index is 263. The summed E-state index contributed by atoms with van der Waals surface area (Å²) >= 11 is 4.09. The average molecular weight is 182 g/mol. The van der Waals surface area contributed by atoms with Crippen LogP contribution in [0.3, 0.4) is 0 Å². The molecule has 1 aromatic rings. The van der Waals surface area contributed by atoms with Crippen LogP contribution < -0.4 is 10.0 Å². The first-order valence-corrected chi connectivity index (χ1v) is 3.90. The van der Waals surface area contributed by atoms with Gasteiger partial charge in [-0.3, -0.25) is 4.79 Å². The van der Waals surface area contributed by atoms with E-state index in [1.807, 2.05) is 30.3 Å². The van der Waals surface area contributed by atoms with Crippen LogP contribution >= 0.6 is 12.8 Å². The van der Waals surface area contributed by atoms with Gasteiger partial charge in [0.2, 0.25) is 5.91 Å². The van der Waals surface area contributed by atoms with E-state index < -0.39 is 5.91 Å². The van der Waals surface area contributed by atoms with Crippen molar-refractivity contribution in [2.75, 3.05) is 10.8 Å². The van der Waals surface area contributed by atoms with Crippen molar-refractivity contribution >= 4 is 24.4 Å². The van der Waals surface area contributed by atoms with E-state index in [0.29, 0.717) is 0 Å². The molecule has 0 radical (unpaired) electrons. The Balaban J connectivity index is 2.65. The summed E-state index contributed by atoms with van der Waals surface area (Å²) in [6.45, 7) is 0.118. The second-order valence-corrected chi connectivity index (χ2v) is 2.84. The molecular weight excluding hydrogens is 172 g/mol. The van der Waals surface area contributed by atoms with Crippen LogP contribution in [0.15, 0.2) is 30.3 Å². The van der Waals surface area contributed by atoms with Gasteiger partial charge in [-0.2, -0.15) is 0 Å². The van der Waals surface area contributed by atoms with E-state index in [0.717, 1.165) is 5.69 Å². The Labute approximate surface area is 76.7 Å². The largest absolute Gasteiger partial charge is 0.368 e. The second kappa shape index (κ2) is 4.01. The summed E-state index contributed by atoms with van der Waals surface area (Å²) in [5, 5.41) is 0. The minimum absolute atomic E-state index is 0.118. The number of para-hydroxylation sites is 1. The maximum atomic E-state index is 10.5. The Morgan fingerprint density at radius 1 is 1.42 bits per heavy atom. The van der Waals surface area contributed by atoms with E-state index in [4.69, 9.17) is 5.73 Å². The number of amides is 1. The fourth-order valence-corrected chi connectivity index (χ4v) is 1.11. The Kier molecular flexibility index (Phi) is 2.99. The maximum absolute atomic E-state index is 10.5. The lowest BCUT2D eigenvalue weighted by molar-refractivity contribution is -0.116. The lowest BCUT2D eigenvalue weighted by Gasteiger charge is -2.14. The van der Waals surface area contributed by atoms with Gasteiger partial charge in [0.25, 0.3) is 0 Å². The van der Waals surface area contributed by atoms with Crippen LogP contribution in [0.1, 0.15) is 0 Å². The standard InChI is InChI=1S/C8H10N2OS/c9-8(11)6-10(12)7-4-2-1-3-5-7/h1-5,12H,6H2,(H2,9,11). The molecule has 0 aliphatic carbocycles. The quantitative estimate of drug-likeness (QED) is 0.680. The normalized spacial score (nSPS) is 9.42. The number of anilines is 1. The third kappa shape index (κ3) is 2.47. The van der Waals surface area contributed by atoms with Gasteiger partial charge in [-0.1, -0.05) is 31.0 Å². The molecule has 4 heteroatoms. The average Bonchev–Trinajstić information content (AvgIpc) is 2.05. The van der Waals surface area contributed by atoms with Gasteiger partial charge in [0.15, 0.2) is 0 Å². The summed E-state index contributed by atoms with van der Waals surface area (Å²) in [7, 11) is 0. The van der Waals surface area contributed by atoms with Crippen molar-refractivity contribution < 1.29 is 4.79 Å². The maximum Gasteiger partial charge on any atom is 0.238 e. The van der Waals surface area contributed by atoms with Crippen molar-refractivity contribution in [1.82, 2.24) is 0 Å². The van der Waals surface area contributed by atoms with Crippen LogP contribution in [0.4, 0.5) is 5.69 Å². The molecule has 1 rings (SSSR count). The van der Waals surface area contributed by atoms with E-state index in [9.17, 15) is 4.79 Å². The van der Waals surface area contributed by atoms with Crippen molar-refractivity contribution in [3.8, 4) is 0 Å². The molecule has 0 saturated carbocycles. The van der Waals surface area contributed by atoms with E-state index >= 15 is 0 Å². The zero-order valence-electron chi connectivity index (χ0n) is 6.47. The van der Waals surface area contributed by atoms with Crippen LogP contribution in [-0.2, 0) is 4.79 Å². The van der Waals surface area contributed by atoms with Gasteiger partial charge in [-0.25, -0.2) is 0 Å². The van der Waals surface area contributed by atoms with Gasteiger partial charge in [0.1, 0.15) is 6.54 Å². The van der Waals surface area contributed by atoms with Crippen LogP contribution in [-0.4, -0.2) is 12.5 Å². The third-order valence-electron chi connectivity index (χ3n) is 1.36. The molecule has 0 saturated heterocycles. The molecule has 0 aliphatic heterocycles. The highest BCUT2D eigenvalue weighted by atomic mass is 32.1. The summed E-state index contributed by atoms with van der Waals surface area (Å²) in [6, 6.07) is 9.36. The minimum atomic E-state index is -0.395. The van der Waals surface area contributed by atoms with Gasteiger partial charge in [0.05, 0.1) is 0 Å². The number of hydrogen-bond acceptors (Lipinski definition) is 3. The van der Waals surface area contributed by atoms with Crippen molar-refractivity contribution in [2.24, 2.45) is 5.73 Å². The molecule has 1 amide bonds. The van der Waals surface area contributed by atoms with Gasteiger partial charge >= 0.3 is 0 Å². The first-order chi connectivity index (χ1) is 5.70. The Morgan fingerprint density at radius 3 is 2.50 bits per heavy atom. The number of carbonyl (C=O) groups is 1. The van der Waals surface area contributed by atoms with Gasteiger partial charge in [-0.15, -0.1) is 0 Å². The zero-order valence-corrected chi connectivity index (χ0v) is 7.37. The van der Waals surface area contributed by atoms with Crippen LogP contribution in [0, 0.1) is 0 Å². The molecule has 0 bridgehead atoms. The molecule has 64 valence electrons. The number of carbonyl (C=O) groups excluding carboxylic acids is 1. The van der Waals surface area contributed by atoms with E-state index in [2.05, 4.69) is 12.8 Å². The SMILES string of the molecule is NC(=O)CN(S)c1ccccc1. The van der Waals surface area contributed by atoms with Crippen LogP contribution in [0.5, 0.6) is 0 Å². The lowest BCUT2D eigenvalue weighted by Crippen LogP contribution is -2.26. The van der Waals surface area contributed by atoms with Crippen LogP contribution in [0.25, 0.3) is 0 Å². The van der Waals surface area contributed by atoms with Crippen LogP contribution in [0.2, 0.25) is 0 Å². The molecule has 1 aromatic carbocycles. The molecule has 0 aliphatic rings. The van der Waals surface area contributed by atoms with Crippen molar-refractivity contribution in [3.05, 3.63) is 30.3 Å². The Hall–Kier alpha value is -1.16. The molecule has 12 heavy (non-hydrogen) atoms. The van der Waals surface area contributed by atoms with Crippen molar-refractivity contribution in [3.63, 3.8) is 0 Å². The fraction of sp³-hybridized carbons (Fsp3) is 0.125. The number of benzene rings is 1. The highest BCUT2D eigenvalue weighted by molar-refractivity contribution is 7.81. The topological polar surface area (TPSA) is 46.3 Å². The number of nitrogens with zero attached hydrogens (tertiary/aromatic N) is 1. The number of primary amides is 1. The molecule has 0 spiro atoms.